The van der Waals surface area contributed by atoms with Crippen molar-refractivity contribution in [3.63, 3.8) is 0 Å². The number of benzene rings is 2. The fourth-order valence-corrected chi connectivity index (χ4v) is 3.92. The van der Waals surface area contributed by atoms with Crippen molar-refractivity contribution in [3.05, 3.63) is 71.5 Å². The highest BCUT2D eigenvalue weighted by atomic mass is 19.1. The molecule has 0 spiro atoms. The maximum Gasteiger partial charge on any atom is 0.128 e. The first-order chi connectivity index (χ1) is 12.9. The zero-order valence-corrected chi connectivity index (χ0v) is 17.1. The Labute approximate surface area is 163 Å². The summed E-state index contributed by atoms with van der Waals surface area (Å²) in [5.41, 5.74) is 1.08. The summed E-state index contributed by atoms with van der Waals surface area (Å²) in [6.45, 7) is 9.21. The minimum Gasteiger partial charge on any atom is -0.323 e. The van der Waals surface area contributed by atoms with Crippen molar-refractivity contribution in [1.82, 2.24) is 0 Å². The molecule has 144 valence electrons. The maximum absolute atomic E-state index is 14.5. The molecule has 2 atom stereocenters. The van der Waals surface area contributed by atoms with Gasteiger partial charge in [-0.2, -0.15) is 5.26 Å². The molecule has 2 aromatic rings. The molecule has 0 amide bonds. The fraction of sp³-hybridized carbons (Fsp3) is 0.458. The summed E-state index contributed by atoms with van der Waals surface area (Å²) in [6, 6.07) is 19.8. The fourth-order valence-electron chi connectivity index (χ4n) is 3.92. The Morgan fingerprint density at radius 1 is 1.07 bits per heavy atom. The molecule has 2 unspecified atom stereocenters. The van der Waals surface area contributed by atoms with Crippen LogP contribution in [0.25, 0.3) is 0 Å². The van der Waals surface area contributed by atoms with Crippen LogP contribution in [0.15, 0.2) is 54.6 Å². The van der Waals surface area contributed by atoms with Crippen molar-refractivity contribution in [2.45, 2.75) is 45.6 Å². The molecule has 0 aliphatic carbocycles. The van der Waals surface area contributed by atoms with Gasteiger partial charge >= 0.3 is 0 Å². The molecule has 0 saturated carbocycles. The number of nitrogens with zero attached hydrogens (tertiary/aromatic N) is 2. The third kappa shape index (κ3) is 4.96. The van der Waals surface area contributed by atoms with Crippen LogP contribution in [0.4, 0.5) is 4.39 Å². The average Bonchev–Trinajstić information content (AvgIpc) is 2.67. The highest BCUT2D eigenvalue weighted by Gasteiger charge is 2.38. The van der Waals surface area contributed by atoms with Gasteiger partial charge in [-0.25, -0.2) is 4.39 Å². The second kappa shape index (κ2) is 9.15. The number of hydrogen-bond acceptors (Lipinski definition) is 1. The third-order valence-corrected chi connectivity index (χ3v) is 5.98. The highest BCUT2D eigenvalue weighted by Crippen LogP contribution is 2.38. The molecule has 0 aromatic heterocycles. The molecular weight excluding hydrogens is 335 g/mol. The van der Waals surface area contributed by atoms with E-state index in [0.29, 0.717) is 12.0 Å². The van der Waals surface area contributed by atoms with Gasteiger partial charge in [0.05, 0.1) is 31.6 Å². The van der Waals surface area contributed by atoms with Gasteiger partial charge in [0.1, 0.15) is 12.4 Å². The second-order valence-corrected chi connectivity index (χ2v) is 8.12. The van der Waals surface area contributed by atoms with Gasteiger partial charge in [0.15, 0.2) is 0 Å². The molecule has 2 aromatic carbocycles. The van der Waals surface area contributed by atoms with Gasteiger partial charge in [0.25, 0.3) is 0 Å². The van der Waals surface area contributed by atoms with Crippen LogP contribution in [0.3, 0.4) is 0 Å². The zero-order valence-electron chi connectivity index (χ0n) is 17.1. The Kier molecular flexibility index (Phi) is 7.16. The largest absolute Gasteiger partial charge is 0.323 e. The lowest BCUT2D eigenvalue weighted by atomic mass is 9.69. The predicted octanol–water partition coefficient (Wildman–Crippen LogP) is 5.69. The molecule has 0 radical (unpaired) electrons. The SMILES string of the molecule is CC[N+](C)(CCCC(C#N)(c1ccccc1F)C(C)C)Cc1ccccc1. The number of hydrogen-bond donors (Lipinski definition) is 0. The Morgan fingerprint density at radius 3 is 2.26 bits per heavy atom. The number of nitriles is 1. The molecule has 0 aliphatic rings. The van der Waals surface area contributed by atoms with E-state index in [-0.39, 0.29) is 11.7 Å². The smallest absolute Gasteiger partial charge is 0.128 e. The monoisotopic (exact) mass is 367 g/mol. The third-order valence-electron chi connectivity index (χ3n) is 5.98. The van der Waals surface area contributed by atoms with E-state index in [9.17, 15) is 9.65 Å². The van der Waals surface area contributed by atoms with Crippen molar-refractivity contribution in [3.8, 4) is 6.07 Å². The van der Waals surface area contributed by atoms with Crippen LogP contribution >= 0.6 is 0 Å². The first-order valence-corrected chi connectivity index (χ1v) is 9.90. The van der Waals surface area contributed by atoms with Gasteiger partial charge < -0.3 is 4.48 Å². The van der Waals surface area contributed by atoms with Gasteiger partial charge in [-0.05, 0) is 31.7 Å². The first-order valence-electron chi connectivity index (χ1n) is 9.90. The summed E-state index contributed by atoms with van der Waals surface area (Å²) in [6.07, 6.45) is 1.56. The van der Waals surface area contributed by atoms with Crippen molar-refractivity contribution < 1.29 is 8.87 Å². The second-order valence-electron chi connectivity index (χ2n) is 8.12. The van der Waals surface area contributed by atoms with Gasteiger partial charge in [-0.3, -0.25) is 0 Å². The van der Waals surface area contributed by atoms with E-state index >= 15 is 0 Å². The molecular formula is C24H32FN2+. The van der Waals surface area contributed by atoms with Crippen LogP contribution in [0.5, 0.6) is 0 Å². The molecule has 3 heteroatoms. The highest BCUT2D eigenvalue weighted by molar-refractivity contribution is 5.34. The number of quaternary nitrogens is 1. The predicted molar refractivity (Wildman–Crippen MR) is 110 cm³/mol. The molecule has 0 fully saturated rings. The summed E-state index contributed by atoms with van der Waals surface area (Å²) >= 11 is 0. The van der Waals surface area contributed by atoms with Gasteiger partial charge in [-0.1, -0.05) is 62.4 Å². The lowest BCUT2D eigenvalue weighted by Gasteiger charge is -2.36. The van der Waals surface area contributed by atoms with Crippen LogP contribution in [0, 0.1) is 23.1 Å². The normalized spacial score (nSPS) is 15.7. The molecule has 0 heterocycles. The molecule has 0 aliphatic heterocycles. The number of halogens is 1. The Hall–Kier alpha value is -2.18. The molecule has 0 saturated heterocycles. The molecule has 27 heavy (non-hydrogen) atoms. The quantitative estimate of drug-likeness (QED) is 0.522. The summed E-state index contributed by atoms with van der Waals surface area (Å²) in [4.78, 5) is 0. The Morgan fingerprint density at radius 2 is 1.70 bits per heavy atom. The number of rotatable bonds is 9. The van der Waals surface area contributed by atoms with Crippen molar-refractivity contribution in [2.75, 3.05) is 20.1 Å². The summed E-state index contributed by atoms with van der Waals surface area (Å²) in [7, 11) is 2.26. The van der Waals surface area contributed by atoms with Gasteiger partial charge in [-0.15, -0.1) is 0 Å². The van der Waals surface area contributed by atoms with Gasteiger partial charge in [0, 0.05) is 11.1 Å². The van der Waals surface area contributed by atoms with Crippen molar-refractivity contribution in [2.24, 2.45) is 5.92 Å². The minimum atomic E-state index is -0.781. The lowest BCUT2D eigenvalue weighted by molar-refractivity contribution is -0.921. The van der Waals surface area contributed by atoms with E-state index in [4.69, 9.17) is 0 Å². The van der Waals surface area contributed by atoms with Crippen LogP contribution < -0.4 is 0 Å². The molecule has 0 bridgehead atoms. The van der Waals surface area contributed by atoms with Crippen LogP contribution in [0.1, 0.15) is 44.7 Å². The lowest BCUT2D eigenvalue weighted by Crippen LogP contribution is -2.44. The average molecular weight is 368 g/mol. The van der Waals surface area contributed by atoms with Gasteiger partial charge in [0.2, 0.25) is 0 Å². The maximum atomic E-state index is 14.5. The van der Waals surface area contributed by atoms with Crippen molar-refractivity contribution in [1.29, 1.82) is 5.26 Å². The Balaban J connectivity index is 2.15. The topological polar surface area (TPSA) is 23.8 Å². The Bertz CT molecular complexity index is 765. The molecule has 2 nitrogen and oxygen atoms in total. The van der Waals surface area contributed by atoms with Crippen molar-refractivity contribution >= 4 is 0 Å². The van der Waals surface area contributed by atoms with Crippen LogP contribution in [-0.4, -0.2) is 24.6 Å². The van der Waals surface area contributed by atoms with E-state index in [0.717, 1.165) is 30.5 Å². The summed E-state index contributed by atoms with van der Waals surface area (Å²) < 4.78 is 15.4. The molecule has 0 N–H and O–H groups in total. The van der Waals surface area contributed by atoms with E-state index < -0.39 is 5.41 Å². The standard InChI is InChI=1S/C24H32FN2/c1-5-27(4,18-21-12-7-6-8-13-21)17-11-16-24(19-26,20(2)3)22-14-9-10-15-23(22)25/h6-10,12-15,20H,5,11,16-18H2,1-4H3/q+1. The zero-order chi connectivity index (χ0) is 19.9. The van der Waals surface area contributed by atoms with E-state index in [1.807, 2.05) is 26.0 Å². The summed E-state index contributed by atoms with van der Waals surface area (Å²) in [5, 5.41) is 10.0. The van der Waals surface area contributed by atoms with Crippen LogP contribution in [-0.2, 0) is 12.0 Å². The summed E-state index contributed by atoms with van der Waals surface area (Å²) in [5.74, 6) is -0.223. The van der Waals surface area contributed by atoms with E-state index in [1.165, 1.54) is 11.6 Å². The minimum absolute atomic E-state index is 0.0499. The first kappa shape index (κ1) is 21.1. The molecule has 2 rings (SSSR count). The van der Waals surface area contributed by atoms with E-state index in [1.54, 1.807) is 12.1 Å². The van der Waals surface area contributed by atoms with E-state index in [2.05, 4.69) is 44.3 Å². The van der Waals surface area contributed by atoms with Crippen LogP contribution in [0.2, 0.25) is 0 Å².